The predicted octanol–water partition coefficient (Wildman–Crippen LogP) is 2.90. The monoisotopic (exact) mass is 228 g/mol. The van der Waals surface area contributed by atoms with Gasteiger partial charge in [0.2, 0.25) is 0 Å². The molecule has 2 unspecified atom stereocenters. The zero-order chi connectivity index (χ0) is 12.3. The molecule has 2 N–H and O–H groups in total. The lowest BCUT2D eigenvalue weighted by molar-refractivity contribution is 0.176. The number of phenols is 1. The fraction of sp³-hybridized carbons (Fsp3) is 0.200. The number of benzene rings is 2. The van der Waals surface area contributed by atoms with Crippen molar-refractivity contribution in [3.63, 3.8) is 0 Å². The summed E-state index contributed by atoms with van der Waals surface area (Å²) in [6.45, 7) is 1.78. The quantitative estimate of drug-likeness (QED) is 0.848. The molecule has 0 saturated carbocycles. The van der Waals surface area contributed by atoms with E-state index in [4.69, 9.17) is 0 Å². The van der Waals surface area contributed by atoms with Crippen LogP contribution in [0.4, 0.5) is 0 Å². The van der Waals surface area contributed by atoms with Crippen LogP contribution in [0.25, 0.3) is 0 Å². The fourth-order valence-corrected chi connectivity index (χ4v) is 2.09. The first-order chi connectivity index (χ1) is 8.18. The third kappa shape index (κ3) is 2.66. The fourth-order valence-electron chi connectivity index (χ4n) is 2.09. The minimum absolute atomic E-state index is 0.0585. The minimum Gasteiger partial charge on any atom is -0.508 e. The Morgan fingerprint density at radius 1 is 0.824 bits per heavy atom. The van der Waals surface area contributed by atoms with Gasteiger partial charge in [-0.25, -0.2) is 0 Å². The van der Waals surface area contributed by atoms with Gasteiger partial charge in [-0.05, 0) is 30.2 Å². The van der Waals surface area contributed by atoms with Gasteiger partial charge in [-0.3, -0.25) is 0 Å². The second kappa shape index (κ2) is 5.02. The number of rotatable bonds is 3. The van der Waals surface area contributed by atoms with Crippen molar-refractivity contribution in [2.24, 2.45) is 0 Å². The van der Waals surface area contributed by atoms with Crippen LogP contribution in [0.3, 0.4) is 0 Å². The molecule has 2 aromatic carbocycles. The van der Waals surface area contributed by atoms with E-state index >= 15 is 0 Å². The van der Waals surface area contributed by atoms with E-state index in [1.165, 1.54) is 0 Å². The van der Waals surface area contributed by atoms with Crippen molar-refractivity contribution in [3.8, 4) is 5.75 Å². The van der Waals surface area contributed by atoms with E-state index in [2.05, 4.69) is 0 Å². The molecule has 0 aliphatic carbocycles. The summed E-state index contributed by atoms with van der Waals surface area (Å²) in [5.74, 6) is 0.183. The molecular formula is C15H16O2. The first-order valence-corrected chi connectivity index (χ1v) is 5.70. The molecule has 0 bridgehead atoms. The molecule has 2 heteroatoms. The molecular weight excluding hydrogens is 212 g/mol. The number of hydrogen-bond donors (Lipinski definition) is 2. The molecule has 88 valence electrons. The summed E-state index contributed by atoms with van der Waals surface area (Å²) in [6.07, 6.45) is -0.470. The van der Waals surface area contributed by atoms with E-state index in [1.807, 2.05) is 42.5 Å². The summed E-state index contributed by atoms with van der Waals surface area (Å²) >= 11 is 0. The highest BCUT2D eigenvalue weighted by atomic mass is 16.3. The van der Waals surface area contributed by atoms with Gasteiger partial charge in [0.1, 0.15) is 5.75 Å². The molecule has 2 nitrogen and oxygen atoms in total. The standard InChI is InChI=1S/C15H16O2/c1-11(16)15(12-5-3-2-4-6-12)13-7-9-14(17)10-8-13/h2-11,15-17H,1H3. The Bertz CT molecular complexity index is 460. The summed E-state index contributed by atoms with van der Waals surface area (Å²) in [4.78, 5) is 0. The maximum Gasteiger partial charge on any atom is 0.115 e. The van der Waals surface area contributed by atoms with Gasteiger partial charge in [-0.15, -0.1) is 0 Å². The lowest BCUT2D eigenvalue weighted by atomic mass is 9.87. The second-order valence-electron chi connectivity index (χ2n) is 4.22. The molecule has 0 amide bonds. The summed E-state index contributed by atoms with van der Waals surface area (Å²) in [6, 6.07) is 16.9. The van der Waals surface area contributed by atoms with Gasteiger partial charge >= 0.3 is 0 Å². The maximum atomic E-state index is 9.93. The van der Waals surface area contributed by atoms with Crippen LogP contribution in [-0.2, 0) is 0 Å². The third-order valence-corrected chi connectivity index (χ3v) is 2.89. The van der Waals surface area contributed by atoms with Gasteiger partial charge in [0.25, 0.3) is 0 Å². The average molecular weight is 228 g/mol. The van der Waals surface area contributed by atoms with Crippen LogP contribution in [-0.4, -0.2) is 16.3 Å². The normalized spacial score (nSPS) is 14.2. The average Bonchev–Trinajstić information content (AvgIpc) is 2.33. The summed E-state index contributed by atoms with van der Waals surface area (Å²) in [5, 5.41) is 19.2. The molecule has 0 saturated heterocycles. The molecule has 0 heterocycles. The largest absolute Gasteiger partial charge is 0.508 e. The number of aromatic hydroxyl groups is 1. The molecule has 0 aliphatic heterocycles. The molecule has 2 atom stereocenters. The smallest absolute Gasteiger partial charge is 0.115 e. The van der Waals surface area contributed by atoms with Gasteiger partial charge in [0.15, 0.2) is 0 Å². The van der Waals surface area contributed by atoms with Crippen LogP contribution in [0, 0.1) is 0 Å². The Labute approximate surface area is 101 Å². The Kier molecular flexibility index (Phi) is 3.45. The van der Waals surface area contributed by atoms with Crippen molar-refractivity contribution >= 4 is 0 Å². The van der Waals surface area contributed by atoms with Crippen LogP contribution < -0.4 is 0 Å². The van der Waals surface area contributed by atoms with Crippen molar-refractivity contribution in [2.75, 3.05) is 0 Å². The maximum absolute atomic E-state index is 9.93. The van der Waals surface area contributed by atoms with E-state index in [0.717, 1.165) is 11.1 Å². The van der Waals surface area contributed by atoms with Gasteiger partial charge < -0.3 is 10.2 Å². The lowest BCUT2D eigenvalue weighted by Crippen LogP contribution is -2.15. The van der Waals surface area contributed by atoms with Crippen LogP contribution >= 0.6 is 0 Å². The van der Waals surface area contributed by atoms with Crippen LogP contribution in [0.15, 0.2) is 54.6 Å². The Balaban J connectivity index is 2.39. The van der Waals surface area contributed by atoms with Gasteiger partial charge in [0, 0.05) is 5.92 Å². The molecule has 0 aliphatic rings. The van der Waals surface area contributed by atoms with E-state index in [-0.39, 0.29) is 11.7 Å². The zero-order valence-electron chi connectivity index (χ0n) is 9.75. The molecule has 2 rings (SSSR count). The minimum atomic E-state index is -0.470. The van der Waals surface area contributed by atoms with E-state index in [9.17, 15) is 10.2 Å². The number of aliphatic hydroxyl groups excluding tert-OH is 1. The highest BCUT2D eigenvalue weighted by Gasteiger charge is 2.19. The van der Waals surface area contributed by atoms with Crippen molar-refractivity contribution in [1.29, 1.82) is 0 Å². The number of hydrogen-bond acceptors (Lipinski definition) is 2. The zero-order valence-corrected chi connectivity index (χ0v) is 9.75. The number of aliphatic hydroxyl groups is 1. The molecule has 0 radical (unpaired) electrons. The summed E-state index contributed by atoms with van der Waals surface area (Å²) in [7, 11) is 0. The summed E-state index contributed by atoms with van der Waals surface area (Å²) in [5.41, 5.74) is 2.08. The lowest BCUT2D eigenvalue weighted by Gasteiger charge is -2.21. The molecule has 17 heavy (non-hydrogen) atoms. The second-order valence-corrected chi connectivity index (χ2v) is 4.22. The predicted molar refractivity (Wildman–Crippen MR) is 68.1 cm³/mol. The van der Waals surface area contributed by atoms with Crippen LogP contribution in [0.1, 0.15) is 24.0 Å². The first kappa shape index (κ1) is 11.7. The molecule has 0 fully saturated rings. The highest BCUT2D eigenvalue weighted by Crippen LogP contribution is 2.28. The van der Waals surface area contributed by atoms with Crippen molar-refractivity contribution in [2.45, 2.75) is 18.9 Å². The summed E-state index contributed by atoms with van der Waals surface area (Å²) < 4.78 is 0. The Hall–Kier alpha value is -1.80. The topological polar surface area (TPSA) is 40.5 Å². The van der Waals surface area contributed by atoms with Gasteiger partial charge in [-0.2, -0.15) is 0 Å². The third-order valence-electron chi connectivity index (χ3n) is 2.89. The van der Waals surface area contributed by atoms with E-state index < -0.39 is 6.10 Å². The Morgan fingerprint density at radius 3 is 1.88 bits per heavy atom. The van der Waals surface area contributed by atoms with Gasteiger partial charge in [-0.1, -0.05) is 42.5 Å². The number of phenolic OH excluding ortho intramolecular Hbond substituents is 1. The van der Waals surface area contributed by atoms with Crippen molar-refractivity contribution in [1.82, 2.24) is 0 Å². The first-order valence-electron chi connectivity index (χ1n) is 5.70. The van der Waals surface area contributed by atoms with Crippen LogP contribution in [0.2, 0.25) is 0 Å². The van der Waals surface area contributed by atoms with Crippen molar-refractivity contribution < 1.29 is 10.2 Å². The van der Waals surface area contributed by atoms with Crippen LogP contribution in [0.5, 0.6) is 5.75 Å². The molecule has 0 aromatic heterocycles. The molecule has 0 spiro atoms. The van der Waals surface area contributed by atoms with E-state index in [0.29, 0.717) is 0 Å². The Morgan fingerprint density at radius 2 is 1.35 bits per heavy atom. The molecule has 2 aromatic rings. The highest BCUT2D eigenvalue weighted by molar-refractivity contribution is 5.36. The van der Waals surface area contributed by atoms with Gasteiger partial charge in [0.05, 0.1) is 6.10 Å². The SMILES string of the molecule is CC(O)C(c1ccccc1)c1ccc(O)cc1. The van der Waals surface area contributed by atoms with Crippen molar-refractivity contribution in [3.05, 3.63) is 65.7 Å². The van der Waals surface area contributed by atoms with E-state index in [1.54, 1.807) is 19.1 Å².